The van der Waals surface area contributed by atoms with E-state index in [-0.39, 0.29) is 5.78 Å². The Balaban J connectivity index is 2.50. The number of allylic oxidation sites excluding steroid dienone is 1. The van der Waals surface area contributed by atoms with E-state index in [1.54, 1.807) is 39.0 Å². The Morgan fingerprint density at radius 3 is 2.47 bits per heavy atom. The molecule has 0 aromatic heterocycles. The molecule has 1 aromatic rings. The number of rotatable bonds is 1. The monoisotopic (exact) mass is 322 g/mol. The molecule has 0 aliphatic heterocycles. The quantitative estimate of drug-likeness (QED) is 0.453. The normalized spacial score (nSPS) is 22.0. The van der Waals surface area contributed by atoms with Gasteiger partial charge in [0, 0.05) is 0 Å². The summed E-state index contributed by atoms with van der Waals surface area (Å²) in [7, 11) is 0. The first-order valence-electron chi connectivity index (χ1n) is 5.99. The van der Waals surface area contributed by atoms with Crippen LogP contribution < -0.4 is 0 Å². The molecule has 0 heterocycles. The number of carbonyl (C=O) groups is 2. The molecular formula is C15H15BrO3. The van der Waals surface area contributed by atoms with E-state index in [1.165, 1.54) is 6.08 Å². The number of halogens is 1. The Hall–Kier alpha value is -1.42. The molecular weight excluding hydrogens is 308 g/mol. The Kier molecular flexibility index (Phi) is 3.39. The minimum atomic E-state index is -1.44. The molecule has 0 bridgehead atoms. The first-order valence-corrected chi connectivity index (χ1v) is 6.79. The smallest absolute Gasteiger partial charge is 0.336 e. The average Bonchev–Trinajstić information content (AvgIpc) is 2.32. The number of fused-ring (bicyclic) bond motifs is 1. The first kappa shape index (κ1) is 14.0. The fraction of sp³-hybridized carbons (Fsp3) is 0.333. The summed E-state index contributed by atoms with van der Waals surface area (Å²) in [6.07, 6.45) is 3.11. The van der Waals surface area contributed by atoms with Crippen molar-refractivity contribution in [1.29, 1.82) is 0 Å². The van der Waals surface area contributed by atoms with Crippen molar-refractivity contribution in [2.75, 3.05) is 0 Å². The van der Waals surface area contributed by atoms with E-state index in [4.69, 9.17) is 4.74 Å². The van der Waals surface area contributed by atoms with Crippen LogP contribution in [0.1, 0.15) is 31.9 Å². The lowest BCUT2D eigenvalue weighted by Crippen LogP contribution is -2.43. The highest BCUT2D eigenvalue weighted by atomic mass is 79.9. The summed E-state index contributed by atoms with van der Waals surface area (Å²) in [4.78, 5) is 24.6. The van der Waals surface area contributed by atoms with Crippen molar-refractivity contribution in [2.45, 2.75) is 30.7 Å². The molecule has 1 aliphatic rings. The number of esters is 1. The van der Waals surface area contributed by atoms with E-state index in [9.17, 15) is 9.59 Å². The van der Waals surface area contributed by atoms with Crippen molar-refractivity contribution in [3.05, 3.63) is 41.5 Å². The number of carbonyl (C=O) groups excluding carboxylic acids is 2. The zero-order valence-corrected chi connectivity index (χ0v) is 12.7. The topological polar surface area (TPSA) is 43.4 Å². The van der Waals surface area contributed by atoms with Crippen LogP contribution in [-0.4, -0.2) is 17.4 Å². The molecule has 2 rings (SSSR count). The second kappa shape index (κ2) is 4.60. The number of hydrogen-bond acceptors (Lipinski definition) is 3. The summed E-state index contributed by atoms with van der Waals surface area (Å²) in [5.74, 6) is -0.901. The maximum absolute atomic E-state index is 12.4. The van der Waals surface area contributed by atoms with Gasteiger partial charge in [-0.1, -0.05) is 46.3 Å². The maximum Gasteiger partial charge on any atom is 0.336 e. The summed E-state index contributed by atoms with van der Waals surface area (Å²) in [6.45, 7) is 5.32. The average molecular weight is 323 g/mol. The molecule has 1 aliphatic carbocycles. The van der Waals surface area contributed by atoms with Crippen molar-refractivity contribution in [1.82, 2.24) is 0 Å². The zero-order valence-electron chi connectivity index (χ0n) is 11.1. The second-order valence-electron chi connectivity index (χ2n) is 5.45. The summed E-state index contributed by atoms with van der Waals surface area (Å²) >= 11 is 3.30. The summed E-state index contributed by atoms with van der Waals surface area (Å²) in [5.41, 5.74) is 0.815. The van der Waals surface area contributed by atoms with Crippen molar-refractivity contribution in [2.24, 2.45) is 0 Å². The van der Waals surface area contributed by atoms with Gasteiger partial charge in [-0.3, -0.25) is 4.79 Å². The Morgan fingerprint density at radius 1 is 1.21 bits per heavy atom. The molecule has 1 aromatic carbocycles. The predicted octanol–water partition coefficient (Wildman–Crippen LogP) is 3.21. The van der Waals surface area contributed by atoms with E-state index >= 15 is 0 Å². The van der Waals surface area contributed by atoms with E-state index in [0.29, 0.717) is 5.56 Å². The molecule has 0 spiro atoms. The fourth-order valence-corrected chi connectivity index (χ4v) is 2.50. The second-order valence-corrected chi connectivity index (χ2v) is 6.63. The van der Waals surface area contributed by atoms with Crippen LogP contribution in [0.2, 0.25) is 0 Å². The van der Waals surface area contributed by atoms with E-state index in [0.717, 1.165) is 5.56 Å². The number of ketones is 1. The molecule has 3 nitrogen and oxygen atoms in total. The van der Waals surface area contributed by atoms with Crippen LogP contribution in [0.15, 0.2) is 30.3 Å². The number of ether oxygens (including phenoxy) is 1. The minimum Gasteiger partial charge on any atom is -0.458 e. The van der Waals surface area contributed by atoms with Gasteiger partial charge in [0.15, 0.2) is 5.78 Å². The number of hydrogen-bond donors (Lipinski definition) is 0. The standard InChI is InChI=1S/C15H15BrO3/c1-14(2,3)19-13(18)15(16)11-7-5-4-6-10(11)8-9-12(15)17/h4-9H,1-3H3. The van der Waals surface area contributed by atoms with Crippen LogP contribution in [0.4, 0.5) is 0 Å². The Morgan fingerprint density at radius 2 is 1.84 bits per heavy atom. The molecule has 100 valence electrons. The molecule has 0 saturated heterocycles. The summed E-state index contributed by atoms with van der Waals surface area (Å²) < 4.78 is 3.93. The molecule has 0 amide bonds. The predicted molar refractivity (Wildman–Crippen MR) is 76.9 cm³/mol. The summed E-state index contributed by atoms with van der Waals surface area (Å²) in [5, 5.41) is 0. The third kappa shape index (κ3) is 2.50. The molecule has 4 heteroatoms. The minimum absolute atomic E-state index is 0.319. The van der Waals surface area contributed by atoms with Crippen LogP contribution in [0, 0.1) is 0 Å². The Labute approximate surface area is 120 Å². The van der Waals surface area contributed by atoms with Gasteiger partial charge >= 0.3 is 5.97 Å². The number of alkyl halides is 1. The van der Waals surface area contributed by atoms with Gasteiger partial charge < -0.3 is 4.74 Å². The molecule has 0 saturated carbocycles. The van der Waals surface area contributed by atoms with Crippen molar-refractivity contribution in [3.63, 3.8) is 0 Å². The highest BCUT2D eigenvalue weighted by Crippen LogP contribution is 2.40. The SMILES string of the molecule is CC(C)(C)OC(=O)C1(Br)C(=O)C=Cc2ccccc21. The Bertz CT molecular complexity index is 569. The van der Waals surface area contributed by atoms with Gasteiger partial charge in [-0.2, -0.15) is 0 Å². The third-order valence-electron chi connectivity index (χ3n) is 2.77. The molecule has 0 fully saturated rings. The highest BCUT2D eigenvalue weighted by Gasteiger charge is 2.49. The van der Waals surface area contributed by atoms with Gasteiger partial charge in [0.2, 0.25) is 4.32 Å². The van der Waals surface area contributed by atoms with Gasteiger partial charge in [0.25, 0.3) is 0 Å². The van der Waals surface area contributed by atoms with Crippen molar-refractivity contribution in [3.8, 4) is 0 Å². The van der Waals surface area contributed by atoms with Gasteiger partial charge in [0.05, 0.1) is 0 Å². The van der Waals surface area contributed by atoms with E-state index in [1.807, 2.05) is 12.1 Å². The van der Waals surface area contributed by atoms with E-state index < -0.39 is 15.9 Å². The zero-order chi connectivity index (χ0) is 14.3. The lowest BCUT2D eigenvalue weighted by molar-refractivity contribution is -0.159. The fourth-order valence-electron chi connectivity index (χ4n) is 1.93. The van der Waals surface area contributed by atoms with Gasteiger partial charge in [-0.15, -0.1) is 0 Å². The maximum atomic E-state index is 12.4. The van der Waals surface area contributed by atoms with Crippen LogP contribution in [0.3, 0.4) is 0 Å². The van der Waals surface area contributed by atoms with Crippen LogP contribution in [0.25, 0.3) is 6.08 Å². The first-order chi connectivity index (χ1) is 8.75. The van der Waals surface area contributed by atoms with Gasteiger partial charge in [0.1, 0.15) is 5.60 Å². The molecule has 1 unspecified atom stereocenters. The van der Waals surface area contributed by atoms with Crippen molar-refractivity contribution >= 4 is 33.8 Å². The lowest BCUT2D eigenvalue weighted by atomic mass is 9.86. The van der Waals surface area contributed by atoms with Gasteiger partial charge in [-0.25, -0.2) is 4.79 Å². The third-order valence-corrected chi connectivity index (χ3v) is 3.91. The van der Waals surface area contributed by atoms with E-state index in [2.05, 4.69) is 15.9 Å². The van der Waals surface area contributed by atoms with Crippen LogP contribution in [0.5, 0.6) is 0 Å². The molecule has 1 atom stereocenters. The lowest BCUT2D eigenvalue weighted by Gasteiger charge is -2.31. The molecule has 0 N–H and O–H groups in total. The highest BCUT2D eigenvalue weighted by molar-refractivity contribution is 9.10. The molecule has 19 heavy (non-hydrogen) atoms. The largest absolute Gasteiger partial charge is 0.458 e. The van der Waals surface area contributed by atoms with Gasteiger partial charge in [-0.05, 0) is 38.0 Å². The summed E-state index contributed by atoms with van der Waals surface area (Å²) in [6, 6.07) is 7.28. The van der Waals surface area contributed by atoms with Crippen LogP contribution >= 0.6 is 15.9 Å². The van der Waals surface area contributed by atoms with Crippen LogP contribution in [-0.2, 0) is 18.7 Å². The van der Waals surface area contributed by atoms with Crippen molar-refractivity contribution < 1.29 is 14.3 Å². The number of benzene rings is 1. The molecule has 0 radical (unpaired) electrons.